The van der Waals surface area contributed by atoms with E-state index in [1.807, 2.05) is 38.1 Å². The van der Waals surface area contributed by atoms with Gasteiger partial charge in [-0.2, -0.15) is 0 Å². The molecule has 104 valence electrons. The first-order valence-corrected chi connectivity index (χ1v) is 6.79. The standard InChI is InChI=1S/C16H17ClN2O/c1-11-7-12(2)9-13(8-11)18-10-16(20)19-15-6-4-3-5-14(15)17/h3-9,18H,10H2,1-2H3,(H,19,20). The van der Waals surface area contributed by atoms with Gasteiger partial charge in [-0.15, -0.1) is 0 Å². The summed E-state index contributed by atoms with van der Waals surface area (Å²) in [6, 6.07) is 13.3. The van der Waals surface area contributed by atoms with E-state index < -0.39 is 0 Å². The molecule has 0 aliphatic rings. The number of rotatable bonds is 4. The third-order valence-corrected chi connectivity index (χ3v) is 3.15. The molecule has 2 aromatic carbocycles. The van der Waals surface area contributed by atoms with Crippen LogP contribution < -0.4 is 10.6 Å². The highest BCUT2D eigenvalue weighted by Gasteiger charge is 2.05. The first-order chi connectivity index (χ1) is 9.54. The molecule has 0 radical (unpaired) electrons. The highest BCUT2D eigenvalue weighted by molar-refractivity contribution is 6.33. The maximum absolute atomic E-state index is 11.9. The number of amides is 1. The summed E-state index contributed by atoms with van der Waals surface area (Å²) in [4.78, 5) is 11.9. The van der Waals surface area contributed by atoms with Crippen molar-refractivity contribution < 1.29 is 4.79 Å². The van der Waals surface area contributed by atoms with Gasteiger partial charge in [0.25, 0.3) is 0 Å². The van der Waals surface area contributed by atoms with Crippen molar-refractivity contribution in [1.29, 1.82) is 0 Å². The number of hydrogen-bond donors (Lipinski definition) is 2. The van der Waals surface area contributed by atoms with Gasteiger partial charge in [-0.25, -0.2) is 0 Å². The molecule has 0 fully saturated rings. The van der Waals surface area contributed by atoms with E-state index >= 15 is 0 Å². The average Bonchev–Trinajstić information content (AvgIpc) is 2.38. The van der Waals surface area contributed by atoms with Crippen LogP contribution in [0.3, 0.4) is 0 Å². The zero-order valence-corrected chi connectivity index (χ0v) is 12.3. The van der Waals surface area contributed by atoms with Crippen molar-refractivity contribution in [1.82, 2.24) is 0 Å². The molecule has 0 saturated heterocycles. The monoisotopic (exact) mass is 288 g/mol. The molecule has 4 heteroatoms. The summed E-state index contributed by atoms with van der Waals surface area (Å²) < 4.78 is 0. The van der Waals surface area contributed by atoms with Gasteiger partial charge >= 0.3 is 0 Å². The molecule has 0 unspecified atom stereocenters. The summed E-state index contributed by atoms with van der Waals surface area (Å²) in [7, 11) is 0. The SMILES string of the molecule is Cc1cc(C)cc(NCC(=O)Nc2ccccc2Cl)c1. The van der Waals surface area contributed by atoms with Crippen molar-refractivity contribution in [2.45, 2.75) is 13.8 Å². The lowest BCUT2D eigenvalue weighted by Gasteiger charge is -2.10. The number of carbonyl (C=O) groups is 1. The summed E-state index contributed by atoms with van der Waals surface area (Å²) in [5, 5.41) is 6.42. The molecule has 0 spiro atoms. The van der Waals surface area contributed by atoms with Crippen molar-refractivity contribution >= 4 is 28.9 Å². The van der Waals surface area contributed by atoms with E-state index in [0.29, 0.717) is 10.7 Å². The minimum absolute atomic E-state index is 0.128. The number of aryl methyl sites for hydroxylation is 2. The fraction of sp³-hybridized carbons (Fsp3) is 0.188. The third-order valence-electron chi connectivity index (χ3n) is 2.82. The van der Waals surface area contributed by atoms with Crippen LogP contribution in [0, 0.1) is 13.8 Å². The molecule has 0 atom stereocenters. The van der Waals surface area contributed by atoms with Gasteiger partial charge in [0.15, 0.2) is 0 Å². The average molecular weight is 289 g/mol. The number of anilines is 2. The van der Waals surface area contributed by atoms with E-state index in [1.165, 1.54) is 11.1 Å². The Balaban J connectivity index is 1.94. The Labute approximate surface area is 124 Å². The third kappa shape index (κ3) is 4.00. The van der Waals surface area contributed by atoms with E-state index in [1.54, 1.807) is 12.1 Å². The first kappa shape index (κ1) is 14.4. The van der Waals surface area contributed by atoms with Gasteiger partial charge in [-0.05, 0) is 49.2 Å². The van der Waals surface area contributed by atoms with Crippen molar-refractivity contribution in [3.8, 4) is 0 Å². The molecule has 0 bridgehead atoms. The van der Waals surface area contributed by atoms with E-state index in [9.17, 15) is 4.79 Å². The van der Waals surface area contributed by atoms with Crippen LogP contribution in [-0.4, -0.2) is 12.5 Å². The number of halogens is 1. The molecule has 2 N–H and O–H groups in total. The number of hydrogen-bond acceptors (Lipinski definition) is 2. The van der Waals surface area contributed by atoms with Crippen molar-refractivity contribution in [2.75, 3.05) is 17.2 Å². The first-order valence-electron chi connectivity index (χ1n) is 6.41. The molecule has 2 aromatic rings. The molecule has 0 aromatic heterocycles. The molecular formula is C16H17ClN2O. The Bertz CT molecular complexity index is 605. The number of carbonyl (C=O) groups excluding carboxylic acids is 1. The van der Waals surface area contributed by atoms with Crippen LogP contribution in [0.4, 0.5) is 11.4 Å². The molecule has 0 aliphatic carbocycles. The Kier molecular flexibility index (Phi) is 4.64. The maximum Gasteiger partial charge on any atom is 0.243 e. The second-order valence-electron chi connectivity index (χ2n) is 4.76. The minimum atomic E-state index is -0.128. The van der Waals surface area contributed by atoms with Gasteiger partial charge in [0.2, 0.25) is 5.91 Å². The molecular weight excluding hydrogens is 272 g/mol. The van der Waals surface area contributed by atoms with E-state index in [0.717, 1.165) is 5.69 Å². The second-order valence-corrected chi connectivity index (χ2v) is 5.17. The molecule has 20 heavy (non-hydrogen) atoms. The van der Waals surface area contributed by atoms with Crippen LogP contribution in [0.2, 0.25) is 5.02 Å². The normalized spacial score (nSPS) is 10.2. The number of para-hydroxylation sites is 1. The highest BCUT2D eigenvalue weighted by Crippen LogP contribution is 2.20. The zero-order chi connectivity index (χ0) is 14.5. The Morgan fingerprint density at radius 2 is 1.75 bits per heavy atom. The Morgan fingerprint density at radius 1 is 1.10 bits per heavy atom. The molecule has 3 nitrogen and oxygen atoms in total. The number of benzene rings is 2. The lowest BCUT2D eigenvalue weighted by Crippen LogP contribution is -2.21. The fourth-order valence-electron chi connectivity index (χ4n) is 2.02. The lowest BCUT2D eigenvalue weighted by atomic mass is 10.1. The zero-order valence-electron chi connectivity index (χ0n) is 11.5. The largest absolute Gasteiger partial charge is 0.376 e. The van der Waals surface area contributed by atoms with Gasteiger partial charge in [-0.1, -0.05) is 29.8 Å². The van der Waals surface area contributed by atoms with Gasteiger partial charge < -0.3 is 10.6 Å². The Hall–Kier alpha value is -2.00. The number of nitrogens with one attached hydrogen (secondary N) is 2. The second kappa shape index (κ2) is 6.44. The van der Waals surface area contributed by atoms with Gasteiger partial charge in [0, 0.05) is 5.69 Å². The van der Waals surface area contributed by atoms with Gasteiger partial charge in [0.1, 0.15) is 0 Å². The predicted octanol–water partition coefficient (Wildman–Crippen LogP) is 4.01. The molecule has 0 aliphatic heterocycles. The summed E-state index contributed by atoms with van der Waals surface area (Å²) >= 11 is 5.99. The maximum atomic E-state index is 11.9. The van der Waals surface area contributed by atoms with Crippen molar-refractivity contribution in [2.24, 2.45) is 0 Å². The van der Waals surface area contributed by atoms with Crippen LogP contribution in [0.25, 0.3) is 0 Å². The minimum Gasteiger partial charge on any atom is -0.376 e. The van der Waals surface area contributed by atoms with Gasteiger partial charge in [-0.3, -0.25) is 4.79 Å². The van der Waals surface area contributed by atoms with Crippen molar-refractivity contribution in [3.63, 3.8) is 0 Å². The van der Waals surface area contributed by atoms with E-state index in [4.69, 9.17) is 11.6 Å². The molecule has 0 heterocycles. The summed E-state index contributed by atoms with van der Waals surface area (Å²) in [5.41, 5.74) is 3.90. The topological polar surface area (TPSA) is 41.1 Å². The highest BCUT2D eigenvalue weighted by atomic mass is 35.5. The van der Waals surface area contributed by atoms with E-state index in [2.05, 4.69) is 16.7 Å². The van der Waals surface area contributed by atoms with Gasteiger partial charge in [0.05, 0.1) is 17.3 Å². The smallest absolute Gasteiger partial charge is 0.243 e. The van der Waals surface area contributed by atoms with E-state index in [-0.39, 0.29) is 12.5 Å². The van der Waals surface area contributed by atoms with Crippen LogP contribution >= 0.6 is 11.6 Å². The quantitative estimate of drug-likeness (QED) is 0.892. The fourth-order valence-corrected chi connectivity index (χ4v) is 2.20. The molecule has 2 rings (SSSR count). The molecule has 0 saturated carbocycles. The lowest BCUT2D eigenvalue weighted by molar-refractivity contribution is -0.114. The molecule has 1 amide bonds. The summed E-state index contributed by atoms with van der Waals surface area (Å²) in [6.45, 7) is 4.26. The van der Waals surface area contributed by atoms with Crippen molar-refractivity contribution in [3.05, 3.63) is 58.6 Å². The van der Waals surface area contributed by atoms with Crippen LogP contribution in [-0.2, 0) is 4.79 Å². The summed E-state index contributed by atoms with van der Waals surface area (Å²) in [6.07, 6.45) is 0. The Morgan fingerprint density at radius 3 is 2.40 bits per heavy atom. The summed E-state index contributed by atoms with van der Waals surface area (Å²) in [5.74, 6) is -0.128. The van der Waals surface area contributed by atoms with Crippen LogP contribution in [0.15, 0.2) is 42.5 Å². The van der Waals surface area contributed by atoms with Crippen LogP contribution in [0.5, 0.6) is 0 Å². The van der Waals surface area contributed by atoms with Crippen LogP contribution in [0.1, 0.15) is 11.1 Å². The predicted molar refractivity (Wildman–Crippen MR) is 84.5 cm³/mol.